The first-order valence-corrected chi connectivity index (χ1v) is 4.05. The average molecular weight is 190 g/mol. The SMILES string of the molecule is C=C(C)CC(CN)CC(=C)C.Cl. The Labute approximate surface area is 82.1 Å². The normalized spacial score (nSPS) is 9.33. The van der Waals surface area contributed by atoms with E-state index in [0.717, 1.165) is 19.4 Å². The summed E-state index contributed by atoms with van der Waals surface area (Å²) < 4.78 is 0. The van der Waals surface area contributed by atoms with Crippen LogP contribution in [-0.2, 0) is 0 Å². The number of allylic oxidation sites excluding steroid dienone is 2. The second-order valence-electron chi connectivity index (χ2n) is 3.42. The lowest BCUT2D eigenvalue weighted by Crippen LogP contribution is -2.14. The van der Waals surface area contributed by atoms with Crippen LogP contribution in [0.3, 0.4) is 0 Å². The second-order valence-corrected chi connectivity index (χ2v) is 3.42. The fraction of sp³-hybridized carbons (Fsp3) is 0.600. The van der Waals surface area contributed by atoms with Crippen LogP contribution >= 0.6 is 12.4 Å². The predicted molar refractivity (Wildman–Crippen MR) is 58.7 cm³/mol. The van der Waals surface area contributed by atoms with Gasteiger partial charge in [0.2, 0.25) is 0 Å². The lowest BCUT2D eigenvalue weighted by atomic mass is 9.95. The molecule has 0 saturated carbocycles. The highest BCUT2D eigenvalue weighted by molar-refractivity contribution is 5.85. The summed E-state index contributed by atoms with van der Waals surface area (Å²) in [5.74, 6) is 0.546. The van der Waals surface area contributed by atoms with E-state index in [0.29, 0.717) is 5.92 Å². The zero-order chi connectivity index (χ0) is 8.85. The van der Waals surface area contributed by atoms with Gasteiger partial charge in [0.15, 0.2) is 0 Å². The molecule has 0 aliphatic carbocycles. The van der Waals surface area contributed by atoms with Crippen molar-refractivity contribution in [2.75, 3.05) is 6.54 Å². The summed E-state index contributed by atoms with van der Waals surface area (Å²) in [6.45, 7) is 12.6. The van der Waals surface area contributed by atoms with Crippen molar-refractivity contribution in [2.24, 2.45) is 11.7 Å². The highest BCUT2D eigenvalue weighted by atomic mass is 35.5. The van der Waals surface area contributed by atoms with Crippen LogP contribution in [0.15, 0.2) is 24.3 Å². The molecule has 0 heterocycles. The Balaban J connectivity index is 0. The largest absolute Gasteiger partial charge is 0.330 e. The highest BCUT2D eigenvalue weighted by Gasteiger charge is 2.05. The third-order valence-corrected chi connectivity index (χ3v) is 1.61. The summed E-state index contributed by atoms with van der Waals surface area (Å²) in [6, 6.07) is 0. The maximum absolute atomic E-state index is 5.59. The fourth-order valence-corrected chi connectivity index (χ4v) is 1.22. The number of halogens is 1. The first-order chi connectivity index (χ1) is 5.06. The molecule has 0 bridgehead atoms. The Kier molecular flexibility index (Phi) is 8.78. The van der Waals surface area contributed by atoms with Gasteiger partial charge < -0.3 is 5.73 Å². The third kappa shape index (κ3) is 7.83. The smallest absolute Gasteiger partial charge is 0.00427 e. The van der Waals surface area contributed by atoms with Crippen LogP contribution in [-0.4, -0.2) is 6.54 Å². The van der Waals surface area contributed by atoms with Crippen molar-refractivity contribution in [1.82, 2.24) is 0 Å². The second kappa shape index (κ2) is 7.38. The van der Waals surface area contributed by atoms with E-state index in [1.807, 2.05) is 13.8 Å². The minimum atomic E-state index is 0. The minimum absolute atomic E-state index is 0. The molecule has 72 valence electrons. The van der Waals surface area contributed by atoms with Crippen molar-refractivity contribution < 1.29 is 0 Å². The standard InChI is InChI=1S/C10H19N.ClH/c1-8(2)5-10(7-11)6-9(3)4;/h10H,1,3,5-7,11H2,2,4H3;1H. The molecule has 0 unspecified atom stereocenters. The van der Waals surface area contributed by atoms with Crippen LogP contribution in [0.1, 0.15) is 26.7 Å². The Hall–Kier alpha value is -0.270. The number of rotatable bonds is 5. The number of nitrogens with two attached hydrogens (primary N) is 1. The molecule has 0 aliphatic heterocycles. The van der Waals surface area contributed by atoms with Crippen LogP contribution < -0.4 is 5.73 Å². The van der Waals surface area contributed by atoms with Gasteiger partial charge in [-0.15, -0.1) is 25.6 Å². The van der Waals surface area contributed by atoms with Crippen molar-refractivity contribution in [3.8, 4) is 0 Å². The third-order valence-electron chi connectivity index (χ3n) is 1.61. The summed E-state index contributed by atoms with van der Waals surface area (Å²) in [4.78, 5) is 0. The molecule has 0 aliphatic rings. The molecule has 0 fully saturated rings. The molecule has 0 aromatic carbocycles. The molecule has 0 spiro atoms. The van der Waals surface area contributed by atoms with Gasteiger partial charge in [-0.1, -0.05) is 11.1 Å². The van der Waals surface area contributed by atoms with Gasteiger partial charge in [-0.3, -0.25) is 0 Å². The van der Waals surface area contributed by atoms with Crippen LogP contribution in [0.4, 0.5) is 0 Å². The summed E-state index contributed by atoms with van der Waals surface area (Å²) in [6.07, 6.45) is 2.06. The number of hydrogen-bond donors (Lipinski definition) is 1. The van der Waals surface area contributed by atoms with E-state index in [-0.39, 0.29) is 12.4 Å². The molecule has 0 radical (unpaired) electrons. The van der Waals surface area contributed by atoms with Gasteiger partial charge >= 0.3 is 0 Å². The van der Waals surface area contributed by atoms with Crippen molar-refractivity contribution in [1.29, 1.82) is 0 Å². The van der Waals surface area contributed by atoms with E-state index >= 15 is 0 Å². The Morgan fingerprint density at radius 3 is 1.67 bits per heavy atom. The van der Waals surface area contributed by atoms with Gasteiger partial charge in [-0.2, -0.15) is 0 Å². The Morgan fingerprint density at radius 2 is 1.50 bits per heavy atom. The summed E-state index contributed by atoms with van der Waals surface area (Å²) in [7, 11) is 0. The predicted octanol–water partition coefficient (Wildman–Crippen LogP) is 2.92. The fourth-order valence-electron chi connectivity index (χ4n) is 1.22. The van der Waals surface area contributed by atoms with E-state index < -0.39 is 0 Å². The zero-order valence-electron chi connectivity index (χ0n) is 8.10. The van der Waals surface area contributed by atoms with Gasteiger partial charge in [0, 0.05) is 0 Å². The molecule has 0 aromatic rings. The molecule has 2 heteroatoms. The molecule has 1 nitrogen and oxygen atoms in total. The zero-order valence-corrected chi connectivity index (χ0v) is 8.91. The maximum Gasteiger partial charge on any atom is -0.00427 e. The van der Waals surface area contributed by atoms with Crippen LogP contribution in [0.25, 0.3) is 0 Å². The van der Waals surface area contributed by atoms with Crippen molar-refractivity contribution in [3.05, 3.63) is 24.3 Å². The molecule has 0 saturated heterocycles. The van der Waals surface area contributed by atoms with E-state index in [1.54, 1.807) is 0 Å². The molecule has 12 heavy (non-hydrogen) atoms. The van der Waals surface area contributed by atoms with Gasteiger partial charge in [0.05, 0.1) is 0 Å². The molecule has 2 N–H and O–H groups in total. The first-order valence-electron chi connectivity index (χ1n) is 4.05. The average Bonchev–Trinajstić information content (AvgIpc) is 1.84. The van der Waals surface area contributed by atoms with Gasteiger partial charge in [-0.25, -0.2) is 0 Å². The van der Waals surface area contributed by atoms with Gasteiger partial charge in [0.25, 0.3) is 0 Å². The summed E-state index contributed by atoms with van der Waals surface area (Å²) in [5, 5.41) is 0. The quantitative estimate of drug-likeness (QED) is 0.662. The van der Waals surface area contributed by atoms with Gasteiger partial charge in [0.1, 0.15) is 0 Å². The van der Waals surface area contributed by atoms with E-state index in [2.05, 4.69) is 13.2 Å². The molecule has 0 amide bonds. The first kappa shape index (κ1) is 14.3. The van der Waals surface area contributed by atoms with E-state index in [4.69, 9.17) is 5.73 Å². The number of hydrogen-bond acceptors (Lipinski definition) is 1. The van der Waals surface area contributed by atoms with Gasteiger partial charge in [-0.05, 0) is 39.2 Å². The van der Waals surface area contributed by atoms with Crippen LogP contribution in [0.5, 0.6) is 0 Å². The topological polar surface area (TPSA) is 26.0 Å². The van der Waals surface area contributed by atoms with Crippen molar-refractivity contribution >= 4 is 12.4 Å². The lowest BCUT2D eigenvalue weighted by Gasteiger charge is -2.13. The molecular formula is C10H20ClN. The van der Waals surface area contributed by atoms with Crippen molar-refractivity contribution in [2.45, 2.75) is 26.7 Å². The Bertz CT molecular complexity index is 136. The minimum Gasteiger partial charge on any atom is -0.330 e. The van der Waals surface area contributed by atoms with Crippen LogP contribution in [0, 0.1) is 5.92 Å². The summed E-state index contributed by atoms with van der Waals surface area (Å²) in [5.41, 5.74) is 8.01. The molecule has 0 atom stereocenters. The highest BCUT2D eigenvalue weighted by Crippen LogP contribution is 2.16. The maximum atomic E-state index is 5.59. The monoisotopic (exact) mass is 189 g/mol. The van der Waals surface area contributed by atoms with E-state index in [1.165, 1.54) is 11.1 Å². The Morgan fingerprint density at radius 1 is 1.17 bits per heavy atom. The lowest BCUT2D eigenvalue weighted by molar-refractivity contribution is 0.530. The van der Waals surface area contributed by atoms with Crippen LogP contribution in [0.2, 0.25) is 0 Å². The van der Waals surface area contributed by atoms with Crippen molar-refractivity contribution in [3.63, 3.8) is 0 Å². The molecule has 0 aromatic heterocycles. The summed E-state index contributed by atoms with van der Waals surface area (Å²) >= 11 is 0. The van der Waals surface area contributed by atoms with E-state index in [9.17, 15) is 0 Å². The molecular weight excluding hydrogens is 170 g/mol. The molecule has 0 rings (SSSR count).